The fraction of sp³-hybridized carbons (Fsp3) is 0.222. The van der Waals surface area contributed by atoms with Crippen LogP contribution in [0.3, 0.4) is 0 Å². The number of aromatic nitrogens is 4. The maximum absolute atomic E-state index is 14.3. The van der Waals surface area contributed by atoms with E-state index in [1.165, 1.54) is 25.4 Å². The number of halogens is 1. The Bertz CT molecular complexity index is 1100. The van der Waals surface area contributed by atoms with Crippen LogP contribution < -0.4 is 16.6 Å². The van der Waals surface area contributed by atoms with Gasteiger partial charge in [-0.1, -0.05) is 18.2 Å². The first kappa shape index (κ1) is 18.3. The normalized spacial score (nSPS) is 12.0. The third-order valence-electron chi connectivity index (χ3n) is 4.21. The first-order chi connectivity index (χ1) is 12.9. The Balaban J connectivity index is 1.91. The van der Waals surface area contributed by atoms with Gasteiger partial charge in [-0.05, 0) is 6.07 Å². The molecular weight excluding hydrogens is 353 g/mol. The van der Waals surface area contributed by atoms with E-state index in [0.29, 0.717) is 5.82 Å². The van der Waals surface area contributed by atoms with E-state index in [4.69, 9.17) is 0 Å². The molecule has 27 heavy (non-hydrogen) atoms. The van der Waals surface area contributed by atoms with Gasteiger partial charge in [0.2, 0.25) is 5.91 Å². The maximum Gasteiger partial charge on any atom is 0.331 e. The number of aryl methyl sites for hydroxylation is 1. The van der Waals surface area contributed by atoms with Crippen LogP contribution in [0.15, 0.2) is 58.5 Å². The van der Waals surface area contributed by atoms with Crippen molar-refractivity contribution in [2.75, 3.05) is 0 Å². The number of rotatable bonds is 5. The van der Waals surface area contributed by atoms with Crippen LogP contribution in [0.5, 0.6) is 0 Å². The van der Waals surface area contributed by atoms with Gasteiger partial charge in [0, 0.05) is 44.3 Å². The average molecular weight is 371 g/mol. The lowest BCUT2D eigenvalue weighted by atomic mass is 10.1. The summed E-state index contributed by atoms with van der Waals surface area (Å²) in [5, 5.41) is 2.72. The summed E-state index contributed by atoms with van der Waals surface area (Å²) in [6.07, 6.45) is 4.49. The van der Waals surface area contributed by atoms with Gasteiger partial charge in [-0.2, -0.15) is 0 Å². The molecule has 1 atom stereocenters. The van der Waals surface area contributed by atoms with Crippen molar-refractivity contribution < 1.29 is 9.18 Å². The van der Waals surface area contributed by atoms with Crippen molar-refractivity contribution in [1.82, 2.24) is 24.0 Å². The molecule has 1 amide bonds. The molecule has 140 valence electrons. The summed E-state index contributed by atoms with van der Waals surface area (Å²) in [5.74, 6) is -0.557. The zero-order valence-electron chi connectivity index (χ0n) is 14.8. The zero-order valence-corrected chi connectivity index (χ0v) is 14.8. The van der Waals surface area contributed by atoms with Crippen molar-refractivity contribution in [2.24, 2.45) is 14.1 Å². The van der Waals surface area contributed by atoms with Crippen LogP contribution in [0, 0.1) is 5.82 Å². The molecule has 8 nitrogen and oxygen atoms in total. The number of carbonyl (C=O) groups excluding carboxylic acids is 1. The number of hydrogen-bond acceptors (Lipinski definition) is 4. The highest BCUT2D eigenvalue weighted by Gasteiger charge is 2.23. The molecule has 1 aromatic carbocycles. The number of nitrogens with one attached hydrogen (secondary N) is 1. The lowest BCUT2D eigenvalue weighted by Gasteiger charge is -2.20. The van der Waals surface area contributed by atoms with E-state index in [1.807, 2.05) is 0 Å². The number of nitrogens with zero attached hydrogens (tertiary/aromatic N) is 4. The van der Waals surface area contributed by atoms with Crippen LogP contribution in [0.25, 0.3) is 0 Å². The Morgan fingerprint density at radius 1 is 1.19 bits per heavy atom. The second kappa shape index (κ2) is 7.40. The van der Waals surface area contributed by atoms with Gasteiger partial charge in [0.05, 0.1) is 0 Å². The molecule has 1 N–H and O–H groups in total. The van der Waals surface area contributed by atoms with Gasteiger partial charge in [-0.3, -0.25) is 18.7 Å². The average Bonchev–Trinajstić information content (AvgIpc) is 3.07. The second-order valence-corrected chi connectivity index (χ2v) is 6.04. The highest BCUT2D eigenvalue weighted by molar-refractivity contribution is 5.76. The van der Waals surface area contributed by atoms with Crippen LogP contribution in [0.4, 0.5) is 4.39 Å². The summed E-state index contributed by atoms with van der Waals surface area (Å²) in [7, 11) is 3.06. The van der Waals surface area contributed by atoms with E-state index < -0.39 is 29.0 Å². The number of amides is 1. The standard InChI is InChI=1S/C18H18FN5O3/c1-22-10-8-20-17(22)16(12-5-3-4-6-13(12)19)21-14(25)11-24-9-7-15(26)23(2)18(24)27/h3-10,16H,11H2,1-2H3,(H,21,25). The molecule has 2 heterocycles. The van der Waals surface area contributed by atoms with Gasteiger partial charge in [0.25, 0.3) is 5.56 Å². The molecule has 0 aliphatic rings. The number of hydrogen-bond donors (Lipinski definition) is 1. The minimum Gasteiger partial charge on any atom is -0.340 e. The van der Waals surface area contributed by atoms with Gasteiger partial charge < -0.3 is 9.88 Å². The van der Waals surface area contributed by atoms with Crippen LogP contribution >= 0.6 is 0 Å². The van der Waals surface area contributed by atoms with E-state index in [2.05, 4.69) is 10.3 Å². The molecule has 9 heteroatoms. The summed E-state index contributed by atoms with van der Waals surface area (Å²) in [6, 6.07) is 6.45. The molecular formula is C18H18FN5O3. The molecule has 0 saturated carbocycles. The summed E-state index contributed by atoms with van der Waals surface area (Å²) in [6.45, 7) is -0.317. The third kappa shape index (κ3) is 3.71. The molecule has 0 bridgehead atoms. The van der Waals surface area contributed by atoms with Crippen molar-refractivity contribution in [1.29, 1.82) is 0 Å². The van der Waals surface area contributed by atoms with E-state index in [9.17, 15) is 18.8 Å². The minimum atomic E-state index is -0.832. The molecule has 0 radical (unpaired) electrons. The van der Waals surface area contributed by atoms with Gasteiger partial charge >= 0.3 is 5.69 Å². The van der Waals surface area contributed by atoms with Crippen molar-refractivity contribution in [2.45, 2.75) is 12.6 Å². The van der Waals surface area contributed by atoms with E-state index >= 15 is 0 Å². The number of benzene rings is 1. The molecule has 3 aromatic rings. The smallest absolute Gasteiger partial charge is 0.331 e. The Kier molecular flexibility index (Phi) is 5.02. The van der Waals surface area contributed by atoms with Crippen molar-refractivity contribution >= 4 is 5.91 Å². The van der Waals surface area contributed by atoms with E-state index in [1.54, 1.807) is 42.2 Å². The predicted molar refractivity (Wildman–Crippen MR) is 95.5 cm³/mol. The van der Waals surface area contributed by atoms with Crippen LogP contribution in [-0.2, 0) is 25.4 Å². The fourth-order valence-corrected chi connectivity index (χ4v) is 2.74. The molecule has 0 aliphatic heterocycles. The molecule has 0 fully saturated rings. The quantitative estimate of drug-likeness (QED) is 0.700. The molecule has 0 spiro atoms. The van der Waals surface area contributed by atoms with Crippen LogP contribution in [-0.4, -0.2) is 24.6 Å². The second-order valence-electron chi connectivity index (χ2n) is 6.04. The largest absolute Gasteiger partial charge is 0.340 e. The summed E-state index contributed by atoms with van der Waals surface area (Å²) in [5.41, 5.74) is -0.820. The molecule has 0 aliphatic carbocycles. The van der Waals surface area contributed by atoms with Crippen molar-refractivity contribution in [3.63, 3.8) is 0 Å². The topological polar surface area (TPSA) is 90.9 Å². The summed E-state index contributed by atoms with van der Waals surface area (Å²) >= 11 is 0. The SMILES string of the molecule is Cn1ccnc1C(NC(=O)Cn1ccc(=O)n(C)c1=O)c1ccccc1F. The third-order valence-corrected chi connectivity index (χ3v) is 4.21. The van der Waals surface area contributed by atoms with E-state index in [0.717, 1.165) is 9.13 Å². The zero-order chi connectivity index (χ0) is 19.6. The molecule has 2 aromatic heterocycles. The van der Waals surface area contributed by atoms with Crippen LogP contribution in [0.2, 0.25) is 0 Å². The lowest BCUT2D eigenvalue weighted by Crippen LogP contribution is -2.41. The highest BCUT2D eigenvalue weighted by Crippen LogP contribution is 2.23. The Morgan fingerprint density at radius 3 is 2.59 bits per heavy atom. The Hall–Kier alpha value is -3.49. The summed E-state index contributed by atoms with van der Waals surface area (Å²) < 4.78 is 18.0. The maximum atomic E-state index is 14.3. The summed E-state index contributed by atoms with van der Waals surface area (Å²) in [4.78, 5) is 40.3. The lowest BCUT2D eigenvalue weighted by molar-refractivity contribution is -0.122. The van der Waals surface area contributed by atoms with Gasteiger partial charge in [-0.15, -0.1) is 0 Å². The molecule has 0 saturated heterocycles. The molecule has 3 rings (SSSR count). The monoisotopic (exact) mass is 371 g/mol. The van der Waals surface area contributed by atoms with Gasteiger partial charge in [0.1, 0.15) is 24.2 Å². The number of imidazole rings is 1. The number of carbonyl (C=O) groups is 1. The van der Waals surface area contributed by atoms with Crippen molar-refractivity contribution in [3.8, 4) is 0 Å². The molecule has 1 unspecified atom stereocenters. The Morgan fingerprint density at radius 2 is 1.93 bits per heavy atom. The first-order valence-electron chi connectivity index (χ1n) is 8.16. The van der Waals surface area contributed by atoms with E-state index in [-0.39, 0.29) is 12.1 Å². The highest BCUT2D eigenvalue weighted by atomic mass is 19.1. The van der Waals surface area contributed by atoms with Gasteiger partial charge in [-0.25, -0.2) is 14.2 Å². The first-order valence-corrected chi connectivity index (χ1v) is 8.16. The fourth-order valence-electron chi connectivity index (χ4n) is 2.74. The van der Waals surface area contributed by atoms with Crippen molar-refractivity contribution in [3.05, 3.63) is 87.0 Å². The Labute approximate surface area is 153 Å². The minimum absolute atomic E-state index is 0.257. The predicted octanol–water partition coefficient (Wildman–Crippen LogP) is 0.325. The van der Waals surface area contributed by atoms with Gasteiger partial charge in [0.15, 0.2) is 0 Å². The van der Waals surface area contributed by atoms with Crippen LogP contribution in [0.1, 0.15) is 17.4 Å².